The smallest absolute Gasteiger partial charge is 0.164 e. The summed E-state index contributed by atoms with van der Waals surface area (Å²) >= 11 is 6.28. The van der Waals surface area contributed by atoms with Gasteiger partial charge in [-0.1, -0.05) is 18.5 Å². The van der Waals surface area contributed by atoms with Crippen LogP contribution >= 0.6 is 11.6 Å². The van der Waals surface area contributed by atoms with E-state index < -0.39 is 0 Å². The Kier molecular flexibility index (Phi) is 4.10. The first-order valence-electron chi connectivity index (χ1n) is 6.47. The molecule has 0 aliphatic carbocycles. The average Bonchev–Trinajstić information content (AvgIpc) is 2.98. The van der Waals surface area contributed by atoms with Gasteiger partial charge in [0.2, 0.25) is 0 Å². The van der Waals surface area contributed by atoms with E-state index in [0.29, 0.717) is 18.0 Å². The number of halogens is 1. The summed E-state index contributed by atoms with van der Waals surface area (Å²) in [6.45, 7) is 7.22. The van der Waals surface area contributed by atoms with E-state index in [4.69, 9.17) is 11.6 Å². The normalized spacial score (nSPS) is 10.9. The van der Waals surface area contributed by atoms with Crippen molar-refractivity contribution in [2.75, 3.05) is 0 Å². The largest absolute Gasteiger partial charge is 0.348 e. The van der Waals surface area contributed by atoms with Crippen molar-refractivity contribution < 1.29 is 4.79 Å². The molecule has 5 heteroatoms. The Morgan fingerprint density at radius 2 is 2.16 bits per heavy atom. The molecule has 2 aromatic heterocycles. The van der Waals surface area contributed by atoms with E-state index >= 15 is 0 Å². The zero-order chi connectivity index (χ0) is 14.0. The van der Waals surface area contributed by atoms with Crippen molar-refractivity contribution in [1.29, 1.82) is 0 Å². The van der Waals surface area contributed by atoms with Crippen molar-refractivity contribution in [2.45, 2.75) is 40.3 Å². The Morgan fingerprint density at radius 1 is 1.42 bits per heavy atom. The number of rotatable bonds is 5. The third-order valence-electron chi connectivity index (χ3n) is 3.18. The van der Waals surface area contributed by atoms with Crippen LogP contribution in [0.4, 0.5) is 0 Å². The Bertz CT molecular complexity index is 598. The molecular weight excluding hydrogens is 262 g/mol. The first kappa shape index (κ1) is 13.9. The lowest BCUT2D eigenvalue weighted by atomic mass is 10.2. The topological polar surface area (TPSA) is 39.8 Å². The van der Waals surface area contributed by atoms with Crippen molar-refractivity contribution in [2.24, 2.45) is 0 Å². The maximum absolute atomic E-state index is 11.6. The van der Waals surface area contributed by atoms with Crippen molar-refractivity contribution in [3.8, 4) is 0 Å². The van der Waals surface area contributed by atoms with Gasteiger partial charge in [0.05, 0.1) is 23.0 Å². The van der Waals surface area contributed by atoms with Crippen LogP contribution in [-0.4, -0.2) is 20.1 Å². The molecule has 0 saturated carbocycles. The summed E-state index contributed by atoms with van der Waals surface area (Å²) in [5.41, 5.74) is 2.57. The minimum atomic E-state index is 0.157. The van der Waals surface area contributed by atoms with E-state index in [-0.39, 0.29) is 5.78 Å². The summed E-state index contributed by atoms with van der Waals surface area (Å²) in [5.74, 6) is 0.157. The highest BCUT2D eigenvalue weighted by molar-refractivity contribution is 6.31. The third-order valence-corrected chi connectivity index (χ3v) is 3.67. The Labute approximate surface area is 118 Å². The van der Waals surface area contributed by atoms with Gasteiger partial charge in [-0.05, 0) is 19.9 Å². The van der Waals surface area contributed by atoms with Crippen molar-refractivity contribution in [3.05, 3.63) is 40.4 Å². The molecule has 2 heterocycles. The van der Waals surface area contributed by atoms with Gasteiger partial charge in [-0.25, -0.2) is 0 Å². The Balaban J connectivity index is 2.26. The third kappa shape index (κ3) is 2.73. The number of hydrogen-bond acceptors (Lipinski definition) is 2. The van der Waals surface area contributed by atoms with Gasteiger partial charge in [-0.15, -0.1) is 0 Å². The fourth-order valence-electron chi connectivity index (χ4n) is 2.10. The second-order valence-electron chi connectivity index (χ2n) is 4.51. The highest BCUT2D eigenvalue weighted by Crippen LogP contribution is 2.21. The van der Waals surface area contributed by atoms with Crippen molar-refractivity contribution >= 4 is 17.4 Å². The van der Waals surface area contributed by atoms with Gasteiger partial charge in [-0.2, -0.15) is 5.10 Å². The van der Waals surface area contributed by atoms with Crippen molar-refractivity contribution in [1.82, 2.24) is 14.3 Å². The quantitative estimate of drug-likeness (QED) is 0.788. The molecule has 2 aromatic rings. The van der Waals surface area contributed by atoms with Gasteiger partial charge in [0.1, 0.15) is 0 Å². The van der Waals surface area contributed by atoms with Crippen LogP contribution in [0.5, 0.6) is 0 Å². The molecule has 0 amide bonds. The van der Waals surface area contributed by atoms with Crippen LogP contribution in [0.1, 0.15) is 42.0 Å². The molecule has 0 bridgehead atoms. The molecule has 0 aliphatic rings. The fourth-order valence-corrected chi connectivity index (χ4v) is 2.30. The van der Waals surface area contributed by atoms with Gasteiger partial charge in [0.25, 0.3) is 0 Å². The number of aromatic nitrogens is 3. The highest BCUT2D eigenvalue weighted by Gasteiger charge is 2.13. The molecular formula is C14H18ClN3O. The lowest BCUT2D eigenvalue weighted by molar-refractivity contribution is 0.0988. The van der Waals surface area contributed by atoms with Gasteiger partial charge in [0, 0.05) is 30.9 Å². The van der Waals surface area contributed by atoms with Crippen LogP contribution < -0.4 is 0 Å². The summed E-state index contributed by atoms with van der Waals surface area (Å²) in [7, 11) is 0. The summed E-state index contributed by atoms with van der Waals surface area (Å²) in [5, 5.41) is 5.09. The number of Topliss-reactive ketones (excluding diaryl/α,β-unsaturated/α-hetero) is 1. The lowest BCUT2D eigenvalue weighted by Gasteiger charge is -2.06. The van der Waals surface area contributed by atoms with Gasteiger partial charge >= 0.3 is 0 Å². The standard InChI is InChI=1S/C14H18ClN3O/c1-4-13(19)11-6-7-17(8-11)9-12-14(15)10(3)16-18(12)5-2/h6-8H,4-5,9H2,1-3H3. The maximum Gasteiger partial charge on any atom is 0.164 e. The molecule has 0 unspecified atom stereocenters. The van der Waals surface area contributed by atoms with Crippen molar-refractivity contribution in [3.63, 3.8) is 0 Å². The predicted molar refractivity (Wildman–Crippen MR) is 75.8 cm³/mol. The minimum Gasteiger partial charge on any atom is -0.348 e. The van der Waals surface area contributed by atoms with Gasteiger partial charge in [-0.3, -0.25) is 9.48 Å². The highest BCUT2D eigenvalue weighted by atomic mass is 35.5. The van der Waals surface area contributed by atoms with Crippen LogP contribution in [0.3, 0.4) is 0 Å². The molecule has 19 heavy (non-hydrogen) atoms. The number of aryl methyl sites for hydroxylation is 2. The van der Waals surface area contributed by atoms with Crippen LogP contribution in [-0.2, 0) is 13.1 Å². The number of ketones is 1. The van der Waals surface area contributed by atoms with E-state index in [2.05, 4.69) is 5.10 Å². The monoisotopic (exact) mass is 279 g/mol. The number of hydrogen-bond donors (Lipinski definition) is 0. The molecule has 0 saturated heterocycles. The summed E-state index contributed by atoms with van der Waals surface area (Å²) < 4.78 is 3.87. The molecule has 0 aliphatic heterocycles. The van der Waals surface area contributed by atoms with Crippen LogP contribution in [0.25, 0.3) is 0 Å². The van der Waals surface area contributed by atoms with E-state index in [1.807, 2.05) is 48.5 Å². The van der Waals surface area contributed by atoms with E-state index in [1.54, 1.807) is 0 Å². The second-order valence-corrected chi connectivity index (χ2v) is 4.89. The van der Waals surface area contributed by atoms with Gasteiger partial charge in [0.15, 0.2) is 5.78 Å². The average molecular weight is 280 g/mol. The lowest BCUT2D eigenvalue weighted by Crippen LogP contribution is -2.07. The van der Waals surface area contributed by atoms with E-state index in [0.717, 1.165) is 23.5 Å². The number of carbonyl (C=O) groups excluding carboxylic acids is 1. The molecule has 2 rings (SSSR count). The predicted octanol–water partition coefficient (Wildman–Crippen LogP) is 3.31. The fraction of sp³-hybridized carbons (Fsp3) is 0.429. The maximum atomic E-state index is 11.6. The first-order chi connectivity index (χ1) is 9.06. The van der Waals surface area contributed by atoms with Crippen LogP contribution in [0.15, 0.2) is 18.5 Å². The molecule has 0 atom stereocenters. The molecule has 0 fully saturated rings. The molecule has 102 valence electrons. The molecule has 4 nitrogen and oxygen atoms in total. The Hall–Kier alpha value is -1.55. The van der Waals surface area contributed by atoms with Gasteiger partial charge < -0.3 is 4.57 Å². The molecule has 0 spiro atoms. The molecule has 0 radical (unpaired) electrons. The van der Waals surface area contributed by atoms with Crippen LogP contribution in [0.2, 0.25) is 5.02 Å². The summed E-state index contributed by atoms with van der Waals surface area (Å²) in [6, 6.07) is 1.85. The Morgan fingerprint density at radius 3 is 2.79 bits per heavy atom. The summed E-state index contributed by atoms with van der Waals surface area (Å²) in [6.07, 6.45) is 4.29. The number of carbonyl (C=O) groups is 1. The zero-order valence-corrected chi connectivity index (χ0v) is 12.2. The number of nitrogens with zero attached hydrogens (tertiary/aromatic N) is 3. The van der Waals surface area contributed by atoms with E-state index in [9.17, 15) is 4.79 Å². The second kappa shape index (κ2) is 5.61. The summed E-state index contributed by atoms with van der Waals surface area (Å²) in [4.78, 5) is 11.6. The molecule has 0 aromatic carbocycles. The van der Waals surface area contributed by atoms with E-state index in [1.165, 1.54) is 0 Å². The van der Waals surface area contributed by atoms with Crippen LogP contribution in [0, 0.1) is 6.92 Å². The minimum absolute atomic E-state index is 0.157. The SMILES string of the molecule is CCC(=O)c1ccn(Cc2c(Cl)c(C)nn2CC)c1. The zero-order valence-electron chi connectivity index (χ0n) is 11.5. The first-order valence-corrected chi connectivity index (χ1v) is 6.85. The molecule has 0 N–H and O–H groups in total.